The van der Waals surface area contributed by atoms with Gasteiger partial charge < -0.3 is 4.74 Å². The molecule has 0 N–H and O–H groups in total. The fourth-order valence-electron chi connectivity index (χ4n) is 2.39. The van der Waals surface area contributed by atoms with E-state index in [4.69, 9.17) is 4.74 Å². The van der Waals surface area contributed by atoms with Crippen molar-refractivity contribution in [1.82, 2.24) is 4.98 Å². The number of rotatable bonds is 2. The molecule has 0 aromatic carbocycles. The van der Waals surface area contributed by atoms with Crippen LogP contribution in [0.4, 0.5) is 0 Å². The topological polar surface area (TPSA) is 26.0 Å². The number of hydrogen-bond acceptors (Lipinski definition) is 3. The first-order chi connectivity index (χ1) is 8.24. The van der Waals surface area contributed by atoms with Crippen LogP contribution in [0.3, 0.4) is 0 Å². The molecule has 0 amide bonds. The normalized spacial score (nSPS) is 25.6. The smallest absolute Gasteiger partial charge is 0.364 e. The fourth-order valence-corrected chi connectivity index (χ4v) is 5.19. The summed E-state index contributed by atoms with van der Waals surface area (Å²) >= 11 is 6.71. The Hall–Kier alpha value is 0.690. The van der Waals surface area contributed by atoms with Gasteiger partial charge in [-0.2, -0.15) is 0 Å². The predicted molar refractivity (Wildman–Crippen MR) is 84.8 cm³/mol. The van der Waals surface area contributed by atoms with E-state index in [-0.39, 0.29) is 0 Å². The highest BCUT2D eigenvalue weighted by Gasteiger charge is 2.39. The van der Waals surface area contributed by atoms with E-state index in [2.05, 4.69) is 61.7 Å². The molecule has 3 nitrogen and oxygen atoms in total. The number of hydrogen-bond donors (Lipinski definition) is 0. The second-order valence-corrected chi connectivity index (χ2v) is 7.10. The van der Waals surface area contributed by atoms with Gasteiger partial charge >= 0.3 is 11.0 Å². The average Bonchev–Trinajstić information content (AvgIpc) is 2.92. The van der Waals surface area contributed by atoms with Crippen molar-refractivity contribution in [3.8, 4) is 5.88 Å². The van der Waals surface area contributed by atoms with E-state index in [0.717, 1.165) is 32.1 Å². The largest absolute Gasteiger partial charge is 0.455 e. The van der Waals surface area contributed by atoms with Gasteiger partial charge in [-0.1, -0.05) is 45.2 Å². The number of ether oxygens (including phenoxy) is 1. The van der Waals surface area contributed by atoms with Gasteiger partial charge in [-0.25, -0.2) is 4.57 Å². The van der Waals surface area contributed by atoms with E-state index in [0.29, 0.717) is 12.1 Å². The molecule has 1 aromatic heterocycles. The van der Waals surface area contributed by atoms with Crippen LogP contribution in [0.5, 0.6) is 5.88 Å². The molecule has 0 saturated heterocycles. The summed E-state index contributed by atoms with van der Waals surface area (Å²) in [4.78, 5) is 4.69. The number of alkyl halides is 2. The highest BCUT2D eigenvalue weighted by atomic mass is 127. The number of aromatic nitrogens is 2. The lowest BCUT2D eigenvalue weighted by Crippen LogP contribution is -2.43. The maximum Gasteiger partial charge on any atom is 0.364 e. The molecule has 6 heteroatoms. The lowest BCUT2D eigenvalue weighted by atomic mass is 10.1. The molecule has 0 spiro atoms. The molecule has 0 fully saturated rings. The minimum Gasteiger partial charge on any atom is -0.455 e. The molecule has 0 saturated carbocycles. The third-order valence-electron chi connectivity index (χ3n) is 3.29. The molecular weight excluding hydrogens is 462 g/mol. The molecule has 0 bridgehead atoms. The maximum atomic E-state index is 5.88. The number of thioether (sulfide) groups is 1. The Morgan fingerprint density at radius 2 is 2.29 bits per heavy atom. The zero-order chi connectivity index (χ0) is 12.0. The summed E-state index contributed by atoms with van der Waals surface area (Å²) in [5.41, 5.74) is 2.69. The van der Waals surface area contributed by atoms with Crippen LogP contribution in [0, 0.1) is 6.92 Å². The van der Waals surface area contributed by atoms with Crippen LogP contribution in [0.1, 0.15) is 17.3 Å². The number of nitrogens with zero attached hydrogens (tertiary/aromatic N) is 2. The average molecular weight is 475 g/mol. The fraction of sp³-hybridized carbons (Fsp3) is 0.636. The first kappa shape index (κ1) is 12.7. The van der Waals surface area contributed by atoms with Gasteiger partial charge in [0.05, 0.1) is 5.56 Å². The Kier molecular flexibility index (Phi) is 3.73. The van der Waals surface area contributed by atoms with Gasteiger partial charge in [-0.15, -0.1) is 0 Å². The van der Waals surface area contributed by atoms with E-state index in [1.807, 2.05) is 11.8 Å². The van der Waals surface area contributed by atoms with Gasteiger partial charge in [0.2, 0.25) is 0 Å². The standard InChI is InChI=1S/C11H13I2N2OS/c1-6-9-2-8(4-13)16-10(9)14-11-15(6)7(3-12)5-17-11/h7-8H,2-5H2,1H3/q+1. The summed E-state index contributed by atoms with van der Waals surface area (Å²) in [7, 11) is 0. The summed E-state index contributed by atoms with van der Waals surface area (Å²) in [5, 5.41) is 1.14. The van der Waals surface area contributed by atoms with Crippen molar-refractivity contribution >= 4 is 56.9 Å². The first-order valence-corrected chi connectivity index (χ1v) is 9.64. The molecule has 17 heavy (non-hydrogen) atoms. The Bertz CT molecular complexity index is 469. The van der Waals surface area contributed by atoms with Crippen LogP contribution in [0.25, 0.3) is 0 Å². The molecule has 2 atom stereocenters. The summed E-state index contributed by atoms with van der Waals surface area (Å²) < 4.78 is 10.5. The van der Waals surface area contributed by atoms with E-state index in [9.17, 15) is 0 Å². The van der Waals surface area contributed by atoms with Gasteiger partial charge in [-0.3, -0.25) is 0 Å². The minimum absolute atomic E-state index is 0.322. The van der Waals surface area contributed by atoms with Crippen molar-refractivity contribution in [2.45, 2.75) is 30.6 Å². The van der Waals surface area contributed by atoms with Gasteiger partial charge in [0, 0.05) is 26.0 Å². The van der Waals surface area contributed by atoms with Crippen LogP contribution in [0.15, 0.2) is 5.16 Å². The van der Waals surface area contributed by atoms with Crippen LogP contribution >= 0.6 is 56.9 Å². The highest BCUT2D eigenvalue weighted by Crippen LogP contribution is 2.35. The first-order valence-electron chi connectivity index (χ1n) is 5.61. The van der Waals surface area contributed by atoms with Crippen LogP contribution in [-0.2, 0) is 6.42 Å². The van der Waals surface area contributed by atoms with Gasteiger partial charge in [0.25, 0.3) is 0 Å². The summed E-state index contributed by atoms with van der Waals surface area (Å²) in [6.07, 6.45) is 1.35. The van der Waals surface area contributed by atoms with Crippen molar-refractivity contribution in [3.63, 3.8) is 0 Å². The number of fused-ring (bicyclic) bond motifs is 2. The quantitative estimate of drug-likeness (QED) is 0.285. The molecule has 2 aliphatic rings. The molecule has 2 aliphatic heterocycles. The zero-order valence-electron chi connectivity index (χ0n) is 9.45. The van der Waals surface area contributed by atoms with Gasteiger partial charge in [0.1, 0.15) is 17.8 Å². The second-order valence-electron chi connectivity index (χ2n) is 4.35. The van der Waals surface area contributed by atoms with Crippen LogP contribution in [0.2, 0.25) is 0 Å². The molecule has 0 radical (unpaired) electrons. The van der Waals surface area contributed by atoms with Gasteiger partial charge in [-0.05, 0) is 18.7 Å². The van der Waals surface area contributed by atoms with E-state index in [1.54, 1.807) is 0 Å². The summed E-state index contributed by atoms with van der Waals surface area (Å²) in [5.74, 6) is 2.03. The number of halogens is 2. The van der Waals surface area contributed by atoms with E-state index < -0.39 is 0 Å². The molecule has 1 aromatic rings. The highest BCUT2D eigenvalue weighted by molar-refractivity contribution is 14.1. The van der Waals surface area contributed by atoms with Crippen LogP contribution < -0.4 is 9.30 Å². The molecule has 3 heterocycles. The van der Waals surface area contributed by atoms with E-state index >= 15 is 0 Å². The lowest BCUT2D eigenvalue weighted by Gasteiger charge is -2.08. The van der Waals surface area contributed by atoms with Crippen molar-refractivity contribution in [2.75, 3.05) is 14.6 Å². The Balaban J connectivity index is 2.07. The molecule has 2 unspecified atom stereocenters. The Labute approximate surface area is 132 Å². The Morgan fingerprint density at radius 1 is 1.47 bits per heavy atom. The minimum atomic E-state index is 0.322. The molecular formula is C11H13I2N2OS+. The van der Waals surface area contributed by atoms with Crippen molar-refractivity contribution in [3.05, 3.63) is 11.3 Å². The van der Waals surface area contributed by atoms with E-state index in [1.165, 1.54) is 11.3 Å². The molecule has 92 valence electrons. The lowest BCUT2D eigenvalue weighted by molar-refractivity contribution is -0.752. The maximum absolute atomic E-state index is 5.88. The van der Waals surface area contributed by atoms with Gasteiger partial charge in [0.15, 0.2) is 0 Å². The van der Waals surface area contributed by atoms with Crippen molar-refractivity contribution < 1.29 is 9.30 Å². The third kappa shape index (κ3) is 2.07. The summed E-state index contributed by atoms with van der Waals surface area (Å²) in [6, 6.07) is 0.604. The predicted octanol–water partition coefficient (Wildman–Crippen LogP) is 2.50. The monoisotopic (exact) mass is 475 g/mol. The zero-order valence-corrected chi connectivity index (χ0v) is 14.6. The van der Waals surface area contributed by atoms with Crippen molar-refractivity contribution in [2.24, 2.45) is 0 Å². The van der Waals surface area contributed by atoms with Crippen LogP contribution in [-0.4, -0.2) is 25.7 Å². The molecule has 3 rings (SSSR count). The molecule has 0 aliphatic carbocycles. The third-order valence-corrected chi connectivity index (χ3v) is 6.39. The SMILES string of the molecule is Cc1c2c(nc3[n+]1C(CI)CS3)OC(CI)C2. The van der Waals surface area contributed by atoms with Crippen molar-refractivity contribution in [1.29, 1.82) is 0 Å². The second kappa shape index (κ2) is 4.99. The Morgan fingerprint density at radius 3 is 3.00 bits per heavy atom. The summed E-state index contributed by atoms with van der Waals surface area (Å²) in [6.45, 7) is 2.22.